The Labute approximate surface area is 151 Å². The molecule has 3 nitrogen and oxygen atoms in total. The molecule has 0 saturated carbocycles. The molecule has 0 aromatic heterocycles. The zero-order valence-corrected chi connectivity index (χ0v) is 15.9. The van der Waals surface area contributed by atoms with Crippen molar-refractivity contribution < 1.29 is 9.53 Å². The number of rotatable bonds is 6. The summed E-state index contributed by atoms with van der Waals surface area (Å²) >= 11 is 0. The minimum atomic E-state index is -0.518. The number of anilines is 1. The smallest absolute Gasteiger partial charge is 0.203 e. The quantitative estimate of drug-likeness (QED) is 0.573. The fourth-order valence-electron chi connectivity index (χ4n) is 2.75. The third-order valence-electron chi connectivity index (χ3n) is 4.31. The van der Waals surface area contributed by atoms with Crippen LogP contribution in [0.3, 0.4) is 0 Å². The number of nitrogens with two attached hydrogens (primary N) is 1. The van der Waals surface area contributed by atoms with E-state index in [1.165, 1.54) is 5.56 Å². The predicted molar refractivity (Wildman–Crippen MR) is 104 cm³/mol. The molecule has 2 aromatic rings. The second-order valence-corrected chi connectivity index (χ2v) is 7.63. The molecule has 1 unspecified atom stereocenters. The summed E-state index contributed by atoms with van der Waals surface area (Å²) in [4.78, 5) is 12.9. The van der Waals surface area contributed by atoms with Gasteiger partial charge in [0.1, 0.15) is 5.75 Å². The summed E-state index contributed by atoms with van der Waals surface area (Å²) in [5, 5.41) is 0. The van der Waals surface area contributed by atoms with Gasteiger partial charge in [0.15, 0.2) is 6.10 Å². The first-order chi connectivity index (χ1) is 11.7. The van der Waals surface area contributed by atoms with E-state index in [1.807, 2.05) is 56.3 Å². The van der Waals surface area contributed by atoms with Gasteiger partial charge >= 0.3 is 0 Å². The van der Waals surface area contributed by atoms with Crippen LogP contribution < -0.4 is 10.5 Å². The Morgan fingerprint density at radius 2 is 1.76 bits per heavy atom. The highest BCUT2D eigenvalue weighted by Gasteiger charge is 2.23. The van der Waals surface area contributed by atoms with E-state index in [0.717, 1.165) is 12.0 Å². The molecule has 134 valence electrons. The van der Waals surface area contributed by atoms with Crippen LogP contribution in [-0.2, 0) is 5.41 Å². The van der Waals surface area contributed by atoms with Crippen LogP contribution in [0.25, 0.3) is 0 Å². The number of ether oxygens (including phenoxy) is 1. The van der Waals surface area contributed by atoms with E-state index in [2.05, 4.69) is 20.8 Å². The predicted octanol–water partition coefficient (Wildman–Crippen LogP) is 5.31. The number of nitrogen functional groups attached to an aromatic ring is 1. The van der Waals surface area contributed by atoms with Crippen molar-refractivity contribution in [2.45, 2.75) is 59.0 Å². The lowest BCUT2D eigenvalue weighted by atomic mass is 9.86. The molecular weight excluding hydrogens is 310 g/mol. The molecule has 0 saturated heterocycles. The van der Waals surface area contributed by atoms with Crippen molar-refractivity contribution in [3.63, 3.8) is 0 Å². The number of ketones is 1. The fourth-order valence-corrected chi connectivity index (χ4v) is 2.75. The Morgan fingerprint density at radius 3 is 2.28 bits per heavy atom. The second-order valence-electron chi connectivity index (χ2n) is 7.63. The molecule has 0 aliphatic carbocycles. The normalized spacial score (nSPS) is 12.7. The highest BCUT2D eigenvalue weighted by atomic mass is 16.5. The van der Waals surface area contributed by atoms with Gasteiger partial charge in [0, 0.05) is 5.56 Å². The van der Waals surface area contributed by atoms with Crippen LogP contribution >= 0.6 is 0 Å². The van der Waals surface area contributed by atoms with Crippen molar-refractivity contribution in [2.24, 2.45) is 0 Å². The average Bonchev–Trinajstić information content (AvgIpc) is 2.55. The van der Waals surface area contributed by atoms with Crippen molar-refractivity contribution in [1.82, 2.24) is 0 Å². The van der Waals surface area contributed by atoms with Crippen LogP contribution in [0.4, 0.5) is 5.69 Å². The molecule has 0 amide bonds. The van der Waals surface area contributed by atoms with Gasteiger partial charge in [0.25, 0.3) is 0 Å². The SMILES string of the molecule is CCCC(Oc1ccc(C)cc1N)C(=O)c1ccc(C(C)(C)C)cc1. The molecular formula is C22H29NO2. The molecule has 1 atom stereocenters. The second kappa shape index (κ2) is 7.73. The van der Waals surface area contributed by atoms with Crippen LogP contribution in [0.1, 0.15) is 62.0 Å². The fraction of sp³-hybridized carbons (Fsp3) is 0.409. The topological polar surface area (TPSA) is 52.3 Å². The van der Waals surface area contributed by atoms with Gasteiger partial charge in [-0.1, -0.05) is 64.4 Å². The van der Waals surface area contributed by atoms with Gasteiger partial charge in [-0.25, -0.2) is 0 Å². The van der Waals surface area contributed by atoms with Gasteiger partial charge in [-0.15, -0.1) is 0 Å². The van der Waals surface area contributed by atoms with E-state index in [4.69, 9.17) is 10.5 Å². The zero-order chi connectivity index (χ0) is 18.6. The monoisotopic (exact) mass is 339 g/mol. The van der Waals surface area contributed by atoms with Gasteiger partial charge in [-0.05, 0) is 42.0 Å². The number of benzene rings is 2. The Hall–Kier alpha value is -2.29. The highest BCUT2D eigenvalue weighted by molar-refractivity contribution is 5.99. The van der Waals surface area contributed by atoms with Crippen molar-refractivity contribution in [3.05, 3.63) is 59.2 Å². The van der Waals surface area contributed by atoms with Crippen LogP contribution in [0, 0.1) is 6.92 Å². The lowest BCUT2D eigenvalue weighted by Crippen LogP contribution is -2.28. The minimum Gasteiger partial charge on any atom is -0.480 e. The van der Waals surface area contributed by atoms with E-state index in [0.29, 0.717) is 23.4 Å². The molecule has 2 rings (SSSR count). The van der Waals surface area contributed by atoms with E-state index >= 15 is 0 Å². The maximum Gasteiger partial charge on any atom is 0.203 e. The molecule has 3 heteroatoms. The first-order valence-corrected chi connectivity index (χ1v) is 8.90. The van der Waals surface area contributed by atoms with Crippen LogP contribution in [0.2, 0.25) is 0 Å². The molecule has 0 aliphatic heterocycles. The van der Waals surface area contributed by atoms with Crippen LogP contribution in [-0.4, -0.2) is 11.9 Å². The van der Waals surface area contributed by atoms with Crippen LogP contribution in [0.5, 0.6) is 5.75 Å². The molecule has 25 heavy (non-hydrogen) atoms. The van der Waals surface area contributed by atoms with Gasteiger partial charge in [0.2, 0.25) is 5.78 Å². The molecule has 0 spiro atoms. The zero-order valence-electron chi connectivity index (χ0n) is 15.9. The first kappa shape index (κ1) is 19.0. The van der Waals surface area contributed by atoms with Crippen molar-refractivity contribution in [3.8, 4) is 5.75 Å². The van der Waals surface area contributed by atoms with Crippen molar-refractivity contribution in [1.29, 1.82) is 0 Å². The Morgan fingerprint density at radius 1 is 1.12 bits per heavy atom. The molecule has 0 radical (unpaired) electrons. The average molecular weight is 339 g/mol. The summed E-state index contributed by atoms with van der Waals surface area (Å²) in [6, 6.07) is 13.5. The van der Waals surface area contributed by atoms with Crippen LogP contribution in [0.15, 0.2) is 42.5 Å². The number of carbonyl (C=O) groups excluding carboxylic acids is 1. The maximum atomic E-state index is 12.9. The Kier molecular flexibility index (Phi) is 5.89. The minimum absolute atomic E-state index is 0.00211. The van der Waals surface area contributed by atoms with Gasteiger partial charge in [-0.2, -0.15) is 0 Å². The third-order valence-corrected chi connectivity index (χ3v) is 4.31. The number of hydrogen-bond donors (Lipinski definition) is 1. The molecule has 0 aliphatic rings. The highest BCUT2D eigenvalue weighted by Crippen LogP contribution is 2.26. The summed E-state index contributed by atoms with van der Waals surface area (Å²) in [6.07, 6.45) is 1.01. The number of Topliss-reactive ketones (excluding diaryl/α,β-unsaturated/α-hetero) is 1. The lowest BCUT2D eigenvalue weighted by Gasteiger charge is -2.21. The number of aryl methyl sites for hydroxylation is 1. The van der Waals surface area contributed by atoms with Crippen molar-refractivity contribution >= 4 is 11.5 Å². The maximum absolute atomic E-state index is 12.9. The molecule has 2 N–H and O–H groups in total. The van der Waals surface area contributed by atoms with E-state index < -0.39 is 6.10 Å². The summed E-state index contributed by atoms with van der Waals surface area (Å²) < 4.78 is 5.98. The molecule has 0 heterocycles. The standard InChI is InChI=1S/C22H29NO2/c1-6-7-20(25-19-13-8-15(2)14-18(19)23)21(24)16-9-11-17(12-10-16)22(3,4)5/h8-14,20H,6-7,23H2,1-5H3. The first-order valence-electron chi connectivity index (χ1n) is 8.90. The Bertz CT molecular complexity index is 727. The summed E-state index contributed by atoms with van der Waals surface area (Å²) in [6.45, 7) is 10.5. The summed E-state index contributed by atoms with van der Waals surface area (Å²) in [5.74, 6) is 0.575. The third kappa shape index (κ3) is 4.85. The molecule has 2 aromatic carbocycles. The lowest BCUT2D eigenvalue weighted by molar-refractivity contribution is 0.0778. The number of hydrogen-bond acceptors (Lipinski definition) is 3. The van der Waals surface area contributed by atoms with Gasteiger partial charge < -0.3 is 10.5 Å². The van der Waals surface area contributed by atoms with Gasteiger partial charge in [0.05, 0.1) is 5.69 Å². The van der Waals surface area contributed by atoms with E-state index in [9.17, 15) is 4.79 Å². The largest absolute Gasteiger partial charge is 0.480 e. The van der Waals surface area contributed by atoms with Crippen molar-refractivity contribution in [2.75, 3.05) is 5.73 Å². The van der Waals surface area contributed by atoms with E-state index in [1.54, 1.807) is 0 Å². The molecule has 0 fully saturated rings. The molecule has 0 bridgehead atoms. The summed E-state index contributed by atoms with van der Waals surface area (Å²) in [7, 11) is 0. The summed E-state index contributed by atoms with van der Waals surface area (Å²) in [5.41, 5.74) is 9.63. The number of carbonyl (C=O) groups is 1. The van der Waals surface area contributed by atoms with E-state index in [-0.39, 0.29) is 11.2 Å². The van der Waals surface area contributed by atoms with Gasteiger partial charge in [-0.3, -0.25) is 4.79 Å². The Balaban J connectivity index is 2.22.